The number of amidine groups is 1. The molecule has 9 nitrogen and oxygen atoms in total. The zero-order chi connectivity index (χ0) is 21.0. The molecule has 0 bridgehead atoms. The molecule has 3 rings (SSSR count). The number of carbonyl (C=O) groups is 1. The number of pyridine rings is 1. The molecule has 148 valence electrons. The predicted molar refractivity (Wildman–Crippen MR) is 112 cm³/mol. The Hall–Kier alpha value is -3.72. The monoisotopic (exact) mass is 411 g/mol. The van der Waals surface area contributed by atoms with E-state index in [2.05, 4.69) is 25.1 Å². The summed E-state index contributed by atoms with van der Waals surface area (Å²) in [6.07, 6.45) is 3.52. The molecule has 29 heavy (non-hydrogen) atoms. The number of carbonyl (C=O) groups excluding carboxylic acids is 1. The number of aliphatic imine (C=N–C) groups is 1. The lowest BCUT2D eigenvalue weighted by atomic mass is 10.1. The Morgan fingerprint density at radius 1 is 1.41 bits per heavy atom. The fraction of sp³-hybridized carbons (Fsp3) is 0.105. The van der Waals surface area contributed by atoms with Gasteiger partial charge in [0.05, 0.1) is 23.4 Å². The lowest BCUT2D eigenvalue weighted by molar-refractivity contribution is 0.187. The summed E-state index contributed by atoms with van der Waals surface area (Å²) in [5, 5.41) is 14.9. The molecule has 2 heterocycles. The Morgan fingerprint density at radius 2 is 2.17 bits per heavy atom. The van der Waals surface area contributed by atoms with Crippen molar-refractivity contribution in [2.24, 2.45) is 10.7 Å². The van der Waals surface area contributed by atoms with Gasteiger partial charge in [-0.05, 0) is 18.6 Å². The van der Waals surface area contributed by atoms with Gasteiger partial charge < -0.3 is 10.5 Å². The van der Waals surface area contributed by atoms with Crippen molar-refractivity contribution in [1.82, 2.24) is 14.8 Å². The molecule has 1 amide bonds. The maximum absolute atomic E-state index is 11.5. The van der Waals surface area contributed by atoms with Crippen LogP contribution in [0.5, 0.6) is 0 Å². The zero-order valence-corrected chi connectivity index (χ0v) is 16.4. The first kappa shape index (κ1) is 20.0. The molecule has 0 unspecified atom stereocenters. The summed E-state index contributed by atoms with van der Waals surface area (Å²) < 4.78 is 6.20. The van der Waals surface area contributed by atoms with E-state index in [0.717, 1.165) is 11.9 Å². The molecule has 0 radical (unpaired) electrons. The van der Waals surface area contributed by atoms with Crippen LogP contribution in [0.4, 0.5) is 10.6 Å². The number of halogens is 1. The molecule has 1 aromatic carbocycles. The number of aryl methyl sites for hydroxylation is 1. The van der Waals surface area contributed by atoms with E-state index in [-0.39, 0.29) is 5.84 Å². The largest absolute Gasteiger partial charge is 0.453 e. The van der Waals surface area contributed by atoms with Crippen molar-refractivity contribution in [3.8, 4) is 16.9 Å². The third-order valence-corrected chi connectivity index (χ3v) is 4.39. The van der Waals surface area contributed by atoms with Crippen LogP contribution in [-0.4, -0.2) is 40.1 Å². The predicted octanol–water partition coefficient (Wildman–Crippen LogP) is 3.39. The summed E-state index contributed by atoms with van der Waals surface area (Å²) in [5.74, 6) is 0.427. The van der Waals surface area contributed by atoms with Crippen LogP contribution in [-0.2, 0) is 4.74 Å². The third-order valence-electron chi connectivity index (χ3n) is 4.06. The molecule has 0 saturated heterocycles. The van der Waals surface area contributed by atoms with Crippen molar-refractivity contribution in [1.29, 1.82) is 5.41 Å². The van der Waals surface area contributed by atoms with Crippen LogP contribution in [0.2, 0.25) is 5.02 Å². The smallest absolute Gasteiger partial charge is 0.412 e. The lowest BCUT2D eigenvalue weighted by Crippen LogP contribution is -2.14. The van der Waals surface area contributed by atoms with Gasteiger partial charge in [0.1, 0.15) is 23.7 Å². The maximum atomic E-state index is 11.5. The van der Waals surface area contributed by atoms with Crippen LogP contribution in [0, 0.1) is 12.3 Å². The molecular weight excluding hydrogens is 394 g/mol. The number of rotatable bonds is 5. The third kappa shape index (κ3) is 4.25. The van der Waals surface area contributed by atoms with Crippen LogP contribution < -0.4 is 11.1 Å². The Balaban J connectivity index is 2.17. The molecule has 0 aliphatic heterocycles. The zero-order valence-electron chi connectivity index (χ0n) is 15.7. The van der Waals surface area contributed by atoms with Gasteiger partial charge in [-0.2, -0.15) is 5.10 Å². The molecule has 2 aromatic heterocycles. The van der Waals surface area contributed by atoms with Gasteiger partial charge in [0, 0.05) is 24.0 Å². The standard InChI is InChI=1S/C19H18ClN7O2/c1-11-8-23-16(25-19(28)29-2)7-15(11)27-9-13(18(22)24-10-21)17(26-27)12-5-3-4-6-14(12)20/h3-10H,1-2H3,(H3,21,22,24)(H,23,25,28). The van der Waals surface area contributed by atoms with Crippen molar-refractivity contribution in [3.63, 3.8) is 0 Å². The second-order valence-electron chi connectivity index (χ2n) is 5.93. The molecule has 0 saturated carbocycles. The number of methoxy groups -OCH3 is 1. The van der Waals surface area contributed by atoms with Crippen LogP contribution in [0.1, 0.15) is 11.1 Å². The lowest BCUT2D eigenvalue weighted by Gasteiger charge is -2.09. The summed E-state index contributed by atoms with van der Waals surface area (Å²) >= 11 is 6.35. The van der Waals surface area contributed by atoms with E-state index in [1.807, 2.05) is 25.1 Å². The number of ether oxygens (including phenoxy) is 1. The summed E-state index contributed by atoms with van der Waals surface area (Å²) in [5.41, 5.74) is 9.22. The van der Waals surface area contributed by atoms with Crippen LogP contribution in [0.25, 0.3) is 16.9 Å². The number of amides is 1. The van der Waals surface area contributed by atoms with E-state index >= 15 is 0 Å². The summed E-state index contributed by atoms with van der Waals surface area (Å²) in [4.78, 5) is 19.5. The highest BCUT2D eigenvalue weighted by molar-refractivity contribution is 6.33. The van der Waals surface area contributed by atoms with Crippen molar-refractivity contribution >= 4 is 35.7 Å². The van der Waals surface area contributed by atoms with Crippen molar-refractivity contribution in [2.75, 3.05) is 12.4 Å². The highest BCUT2D eigenvalue weighted by Gasteiger charge is 2.18. The first-order valence-electron chi connectivity index (χ1n) is 8.43. The molecule has 10 heteroatoms. The number of aromatic nitrogens is 3. The van der Waals surface area contributed by atoms with Gasteiger partial charge in [0.25, 0.3) is 0 Å². The summed E-state index contributed by atoms with van der Waals surface area (Å²) in [6.45, 7) is 1.86. The van der Waals surface area contributed by atoms with Crippen LogP contribution in [0.3, 0.4) is 0 Å². The van der Waals surface area contributed by atoms with Crippen molar-refractivity contribution in [2.45, 2.75) is 6.92 Å². The number of anilines is 1. The summed E-state index contributed by atoms with van der Waals surface area (Å²) in [6, 6.07) is 8.88. The van der Waals surface area contributed by atoms with E-state index < -0.39 is 6.09 Å². The molecule has 0 atom stereocenters. The average molecular weight is 412 g/mol. The molecule has 3 aromatic rings. The van der Waals surface area contributed by atoms with Crippen molar-refractivity contribution < 1.29 is 9.53 Å². The minimum absolute atomic E-state index is 0.126. The molecule has 0 aliphatic carbocycles. The number of hydrogen-bond donors (Lipinski definition) is 3. The van der Waals surface area contributed by atoms with Gasteiger partial charge in [0.15, 0.2) is 0 Å². The van der Waals surface area contributed by atoms with Gasteiger partial charge in [-0.15, -0.1) is 0 Å². The number of hydrogen-bond acceptors (Lipinski definition) is 5. The molecule has 0 spiro atoms. The number of nitrogens with one attached hydrogen (secondary N) is 2. The quantitative estimate of drug-likeness (QED) is 0.437. The normalized spacial score (nSPS) is 11.2. The van der Waals surface area contributed by atoms with Gasteiger partial charge in [-0.25, -0.2) is 19.5 Å². The van der Waals surface area contributed by atoms with E-state index in [4.69, 9.17) is 22.7 Å². The topological polar surface area (TPSA) is 131 Å². The fourth-order valence-electron chi connectivity index (χ4n) is 2.66. The molecule has 4 N–H and O–H groups in total. The van der Waals surface area contributed by atoms with Gasteiger partial charge in [-0.1, -0.05) is 29.8 Å². The average Bonchev–Trinajstić information content (AvgIpc) is 3.15. The second kappa shape index (κ2) is 8.53. The SMILES string of the molecule is COC(=O)Nc1cc(-n2cc(C(N)=NC=N)c(-c3ccccc3Cl)n2)c(C)cn1. The van der Waals surface area contributed by atoms with E-state index in [1.165, 1.54) is 7.11 Å². The fourth-order valence-corrected chi connectivity index (χ4v) is 2.89. The second-order valence-corrected chi connectivity index (χ2v) is 6.34. The molecule has 0 aliphatic rings. The van der Waals surface area contributed by atoms with Gasteiger partial charge in [0.2, 0.25) is 0 Å². The minimum Gasteiger partial charge on any atom is -0.453 e. The first-order valence-corrected chi connectivity index (χ1v) is 8.81. The molecular formula is C19H18ClN7O2. The highest BCUT2D eigenvalue weighted by Crippen LogP contribution is 2.30. The van der Waals surface area contributed by atoms with Crippen LogP contribution >= 0.6 is 11.6 Å². The Kier molecular flexibility index (Phi) is 5.89. The molecule has 0 fully saturated rings. The number of nitrogens with zero attached hydrogens (tertiary/aromatic N) is 4. The van der Waals surface area contributed by atoms with E-state index in [0.29, 0.717) is 33.3 Å². The first-order chi connectivity index (χ1) is 13.9. The van der Waals surface area contributed by atoms with Crippen LogP contribution in [0.15, 0.2) is 47.7 Å². The van der Waals surface area contributed by atoms with E-state index in [9.17, 15) is 4.79 Å². The Labute approximate surface area is 171 Å². The Bertz CT molecular complexity index is 1110. The minimum atomic E-state index is -0.632. The number of nitrogens with two attached hydrogens (primary N) is 1. The highest BCUT2D eigenvalue weighted by atomic mass is 35.5. The van der Waals surface area contributed by atoms with Gasteiger partial charge in [-0.3, -0.25) is 10.7 Å². The maximum Gasteiger partial charge on any atom is 0.412 e. The Morgan fingerprint density at radius 3 is 2.86 bits per heavy atom. The van der Waals surface area contributed by atoms with Gasteiger partial charge >= 0.3 is 6.09 Å². The summed E-state index contributed by atoms with van der Waals surface area (Å²) in [7, 11) is 1.27. The van der Waals surface area contributed by atoms with E-state index in [1.54, 1.807) is 29.2 Å². The number of benzene rings is 1. The van der Waals surface area contributed by atoms with Crippen molar-refractivity contribution in [3.05, 3.63) is 58.9 Å².